The Bertz CT molecular complexity index is 1550. The number of likely N-dealkylation sites (N-methyl/N-ethyl adjacent to an activating group) is 2. The molecule has 13 heteroatoms. The number of aryl methyl sites for hydroxylation is 1. The van der Waals surface area contributed by atoms with Crippen LogP contribution in [0, 0.1) is 11.3 Å². The standard InChI is InChI=1S/C36H58N8O5/c1-21(2)27(19-22(3)30(45)41-25(33(48)49)16-14-18-40-34(37)38)44(11)32(47)29(35(4,5)6)42-31(46)28(39-9)36(7,8)24-20-43(10)26-17-13-12-15-23(24)26/h12-13,15,17,19-21,25,27-29,39H,14,16,18H2,1-11H3,(H,41,45)(H,42,46)(H,48,49)(H4,37,38,40)/b22-19+/t25?,27-,28-,29-/m1/s1. The van der Waals surface area contributed by atoms with Crippen LogP contribution in [0.3, 0.4) is 0 Å². The number of fused-ring (bicyclic) bond motifs is 1. The van der Waals surface area contributed by atoms with E-state index in [2.05, 4.69) is 20.9 Å². The van der Waals surface area contributed by atoms with Crippen LogP contribution in [0.15, 0.2) is 47.1 Å². The molecule has 13 nitrogen and oxygen atoms in total. The molecule has 4 atom stereocenters. The molecule has 0 spiro atoms. The molecule has 2 rings (SSSR count). The number of aliphatic carboxylic acids is 1. The number of carbonyl (C=O) groups excluding carboxylic acids is 3. The summed E-state index contributed by atoms with van der Waals surface area (Å²) < 4.78 is 2.05. The van der Waals surface area contributed by atoms with Crippen molar-refractivity contribution < 1.29 is 24.3 Å². The number of guanidine groups is 1. The first kappa shape index (κ1) is 40.8. The molecule has 0 aliphatic carbocycles. The molecule has 1 unspecified atom stereocenters. The summed E-state index contributed by atoms with van der Waals surface area (Å²) in [5, 5.41) is 19.5. The van der Waals surface area contributed by atoms with Crippen LogP contribution in [-0.4, -0.2) is 89.0 Å². The fourth-order valence-corrected chi connectivity index (χ4v) is 6.17. The van der Waals surface area contributed by atoms with Crippen molar-refractivity contribution in [1.29, 1.82) is 0 Å². The molecule has 272 valence electrons. The monoisotopic (exact) mass is 682 g/mol. The second-order valence-electron chi connectivity index (χ2n) is 14.8. The maximum atomic E-state index is 14.2. The van der Waals surface area contributed by atoms with Gasteiger partial charge >= 0.3 is 5.97 Å². The van der Waals surface area contributed by atoms with Gasteiger partial charge in [-0.3, -0.25) is 19.4 Å². The molecule has 0 saturated carbocycles. The average Bonchev–Trinajstić information content (AvgIpc) is 3.35. The normalized spacial score (nSPS) is 14.9. The van der Waals surface area contributed by atoms with Gasteiger partial charge in [0.15, 0.2) is 5.96 Å². The number of carboxylic acid groups (broad SMARTS) is 1. The lowest BCUT2D eigenvalue weighted by Gasteiger charge is -2.39. The van der Waals surface area contributed by atoms with Crippen molar-refractivity contribution in [2.75, 3.05) is 20.6 Å². The number of aromatic nitrogens is 1. The summed E-state index contributed by atoms with van der Waals surface area (Å²) in [7, 11) is 5.37. The summed E-state index contributed by atoms with van der Waals surface area (Å²) in [6.07, 6.45) is 4.20. The topological polar surface area (TPSA) is 197 Å². The van der Waals surface area contributed by atoms with E-state index in [4.69, 9.17) is 11.5 Å². The van der Waals surface area contributed by atoms with Gasteiger partial charge in [0.1, 0.15) is 12.1 Å². The van der Waals surface area contributed by atoms with Crippen LogP contribution in [0.1, 0.15) is 73.8 Å². The quantitative estimate of drug-likeness (QED) is 0.0672. The average molecular weight is 683 g/mol. The van der Waals surface area contributed by atoms with Crippen molar-refractivity contribution in [2.45, 2.75) is 97.8 Å². The third kappa shape index (κ3) is 10.3. The second-order valence-corrected chi connectivity index (χ2v) is 14.8. The molecule has 2 aromatic rings. The summed E-state index contributed by atoms with van der Waals surface area (Å²) in [6.45, 7) is 15.4. The van der Waals surface area contributed by atoms with Gasteiger partial charge in [-0.05, 0) is 49.8 Å². The number of carboxylic acids is 1. The third-order valence-electron chi connectivity index (χ3n) is 9.07. The van der Waals surface area contributed by atoms with E-state index in [1.54, 1.807) is 32.0 Å². The first-order valence-electron chi connectivity index (χ1n) is 16.7. The summed E-state index contributed by atoms with van der Waals surface area (Å²) >= 11 is 0. The van der Waals surface area contributed by atoms with Crippen molar-refractivity contribution in [3.63, 3.8) is 0 Å². The summed E-state index contributed by atoms with van der Waals surface area (Å²) in [6, 6.07) is 4.82. The molecule has 3 amide bonds. The van der Waals surface area contributed by atoms with E-state index in [9.17, 15) is 24.3 Å². The molecule has 49 heavy (non-hydrogen) atoms. The van der Waals surface area contributed by atoms with Crippen LogP contribution in [-0.2, 0) is 31.6 Å². The Hall–Kier alpha value is -4.39. The second kappa shape index (κ2) is 16.8. The van der Waals surface area contributed by atoms with Crippen molar-refractivity contribution in [1.82, 2.24) is 25.4 Å². The number of para-hydroxylation sites is 1. The van der Waals surface area contributed by atoms with Gasteiger partial charge in [-0.1, -0.05) is 72.7 Å². The van der Waals surface area contributed by atoms with Gasteiger partial charge in [0.25, 0.3) is 0 Å². The lowest BCUT2D eigenvalue weighted by atomic mass is 9.76. The molecule has 1 heterocycles. The minimum atomic E-state index is -1.18. The Morgan fingerprint density at radius 1 is 1.04 bits per heavy atom. The number of amides is 3. The highest BCUT2D eigenvalue weighted by atomic mass is 16.4. The fraction of sp³-hybridized carbons (Fsp3) is 0.583. The van der Waals surface area contributed by atoms with Crippen LogP contribution in [0.4, 0.5) is 0 Å². The van der Waals surface area contributed by atoms with Gasteiger partial charge < -0.3 is 42.0 Å². The van der Waals surface area contributed by atoms with E-state index >= 15 is 0 Å². The Kier molecular flexibility index (Phi) is 14.0. The van der Waals surface area contributed by atoms with Crippen LogP contribution in [0.25, 0.3) is 10.9 Å². The van der Waals surface area contributed by atoms with Gasteiger partial charge in [0.05, 0.1) is 12.1 Å². The highest BCUT2D eigenvalue weighted by molar-refractivity contribution is 5.96. The predicted octanol–water partition coefficient (Wildman–Crippen LogP) is 2.63. The predicted molar refractivity (Wildman–Crippen MR) is 195 cm³/mol. The summed E-state index contributed by atoms with van der Waals surface area (Å²) in [5.74, 6) is -2.57. The molecule has 0 radical (unpaired) electrons. The highest BCUT2D eigenvalue weighted by Crippen LogP contribution is 2.35. The van der Waals surface area contributed by atoms with Crippen molar-refractivity contribution in [2.24, 2.45) is 34.8 Å². The number of carbonyl (C=O) groups is 4. The molecular formula is C36H58N8O5. The lowest BCUT2D eigenvalue weighted by molar-refractivity contribution is -0.141. The van der Waals surface area contributed by atoms with Crippen LogP contribution in [0.2, 0.25) is 0 Å². The van der Waals surface area contributed by atoms with Crippen molar-refractivity contribution in [3.05, 3.63) is 47.7 Å². The van der Waals surface area contributed by atoms with Crippen LogP contribution in [0.5, 0.6) is 0 Å². The number of rotatable bonds is 16. The summed E-state index contributed by atoms with van der Waals surface area (Å²) in [5.41, 5.74) is 11.7. The molecule has 0 aliphatic heterocycles. The van der Waals surface area contributed by atoms with E-state index in [1.165, 1.54) is 0 Å². The number of hydrogen-bond acceptors (Lipinski definition) is 6. The molecule has 0 fully saturated rings. The number of hydrogen-bond donors (Lipinski definition) is 6. The fourth-order valence-electron chi connectivity index (χ4n) is 6.17. The third-order valence-corrected chi connectivity index (χ3v) is 9.07. The Balaban J connectivity index is 2.33. The highest BCUT2D eigenvalue weighted by Gasteiger charge is 2.42. The molecule has 0 aliphatic rings. The van der Waals surface area contributed by atoms with Crippen LogP contribution < -0.4 is 27.4 Å². The molecule has 1 aromatic heterocycles. The zero-order valence-electron chi connectivity index (χ0n) is 31.0. The lowest BCUT2D eigenvalue weighted by Crippen LogP contribution is -2.61. The van der Waals surface area contributed by atoms with Gasteiger partial charge in [-0.25, -0.2) is 4.79 Å². The first-order valence-corrected chi connectivity index (χ1v) is 16.7. The number of nitrogens with two attached hydrogens (primary N) is 2. The van der Waals surface area contributed by atoms with Gasteiger partial charge in [0.2, 0.25) is 17.7 Å². The van der Waals surface area contributed by atoms with E-state index in [0.29, 0.717) is 6.42 Å². The number of nitrogens with zero attached hydrogens (tertiary/aromatic N) is 3. The van der Waals surface area contributed by atoms with Gasteiger partial charge in [0, 0.05) is 48.7 Å². The van der Waals surface area contributed by atoms with E-state index < -0.39 is 46.9 Å². The molecule has 0 saturated heterocycles. The molecule has 8 N–H and O–H groups in total. The minimum Gasteiger partial charge on any atom is -0.480 e. The number of benzene rings is 1. The largest absolute Gasteiger partial charge is 0.480 e. The van der Waals surface area contributed by atoms with E-state index in [0.717, 1.165) is 16.5 Å². The molecule has 0 bridgehead atoms. The zero-order valence-corrected chi connectivity index (χ0v) is 31.0. The Labute approximate surface area is 290 Å². The Morgan fingerprint density at radius 3 is 2.18 bits per heavy atom. The van der Waals surface area contributed by atoms with Crippen molar-refractivity contribution in [3.8, 4) is 0 Å². The van der Waals surface area contributed by atoms with Crippen molar-refractivity contribution >= 4 is 40.6 Å². The molecular weight excluding hydrogens is 624 g/mol. The zero-order chi connectivity index (χ0) is 37.4. The van der Waals surface area contributed by atoms with E-state index in [1.807, 2.05) is 90.5 Å². The minimum absolute atomic E-state index is 0.0899. The van der Waals surface area contributed by atoms with E-state index in [-0.39, 0.29) is 42.2 Å². The first-order chi connectivity index (χ1) is 22.6. The maximum Gasteiger partial charge on any atom is 0.326 e. The maximum absolute atomic E-state index is 14.2. The molecule has 1 aromatic carbocycles. The summed E-state index contributed by atoms with van der Waals surface area (Å²) in [4.78, 5) is 58.7. The smallest absolute Gasteiger partial charge is 0.326 e. The number of aliphatic imine (C=N–C) groups is 1. The van der Waals surface area contributed by atoms with Gasteiger partial charge in [-0.2, -0.15) is 0 Å². The van der Waals surface area contributed by atoms with Crippen LogP contribution >= 0.6 is 0 Å². The van der Waals surface area contributed by atoms with Gasteiger partial charge in [-0.15, -0.1) is 0 Å². The Morgan fingerprint density at radius 2 is 1.65 bits per heavy atom. The SMILES string of the molecule is CN[C@H](C(=O)N[C@H](C(=O)N(C)[C@H](/C=C(\C)C(=O)NC(CCCN=C(N)N)C(=O)O)C(C)C)C(C)(C)C)C(C)(C)c1cn(C)c2ccccc12. The number of nitrogens with one attached hydrogen (secondary N) is 3.